The molecule has 5 heteroatoms. The summed E-state index contributed by atoms with van der Waals surface area (Å²) in [4.78, 5) is 11.3. The Morgan fingerprint density at radius 2 is 2.38 bits per heavy atom. The van der Waals surface area contributed by atoms with E-state index in [1.54, 1.807) is 6.07 Å². The van der Waals surface area contributed by atoms with Crippen LogP contribution in [0.3, 0.4) is 0 Å². The molecule has 0 aliphatic rings. The smallest absolute Gasteiger partial charge is 0.260 e. The fourth-order valence-electron chi connectivity index (χ4n) is 0.933. The summed E-state index contributed by atoms with van der Waals surface area (Å²) in [6.45, 7) is 2.94. The summed E-state index contributed by atoms with van der Waals surface area (Å²) in [6.07, 6.45) is 1.03. The second-order valence-corrected chi connectivity index (χ2v) is 3.74. The molecule has 1 rings (SSSR count). The standard InChI is InChI=1S/C8H13N3OS/c1-2-3-11-6-4-5(9)7(13-6)8(10)12/h4,11H,2-3,9H2,1H3,(H2,10,12). The Morgan fingerprint density at radius 1 is 1.69 bits per heavy atom. The van der Waals surface area contributed by atoms with Crippen LogP contribution < -0.4 is 16.8 Å². The maximum Gasteiger partial charge on any atom is 0.260 e. The van der Waals surface area contributed by atoms with Gasteiger partial charge < -0.3 is 16.8 Å². The molecular weight excluding hydrogens is 186 g/mol. The highest BCUT2D eigenvalue weighted by Gasteiger charge is 2.10. The Balaban J connectivity index is 2.76. The average Bonchev–Trinajstić information content (AvgIpc) is 2.43. The molecule has 5 N–H and O–H groups in total. The van der Waals surface area contributed by atoms with Crippen LogP contribution in [0.2, 0.25) is 0 Å². The summed E-state index contributed by atoms with van der Waals surface area (Å²) in [5.41, 5.74) is 11.2. The number of hydrogen-bond donors (Lipinski definition) is 3. The number of primary amides is 1. The van der Waals surface area contributed by atoms with Gasteiger partial charge in [0, 0.05) is 6.54 Å². The summed E-state index contributed by atoms with van der Waals surface area (Å²) in [5.74, 6) is -0.466. The lowest BCUT2D eigenvalue weighted by Crippen LogP contribution is -2.10. The van der Waals surface area contributed by atoms with Gasteiger partial charge in [-0.3, -0.25) is 4.79 Å². The Hall–Kier alpha value is -1.23. The number of nitrogen functional groups attached to an aromatic ring is 1. The summed E-state index contributed by atoms with van der Waals surface area (Å²) >= 11 is 1.30. The predicted octanol–water partition coefficient (Wildman–Crippen LogP) is 1.25. The molecule has 0 unspecified atom stereocenters. The number of rotatable bonds is 4. The Kier molecular flexibility index (Phi) is 3.13. The number of anilines is 2. The van der Waals surface area contributed by atoms with Crippen molar-refractivity contribution in [3.63, 3.8) is 0 Å². The van der Waals surface area contributed by atoms with E-state index in [1.807, 2.05) is 0 Å². The van der Waals surface area contributed by atoms with E-state index >= 15 is 0 Å². The first-order chi connectivity index (χ1) is 6.15. The number of nitrogens with one attached hydrogen (secondary N) is 1. The van der Waals surface area contributed by atoms with E-state index in [0.29, 0.717) is 10.6 Å². The third kappa shape index (κ3) is 2.35. The third-order valence-electron chi connectivity index (χ3n) is 1.53. The van der Waals surface area contributed by atoms with Crippen LogP contribution in [0.1, 0.15) is 23.0 Å². The molecule has 1 aromatic rings. The summed E-state index contributed by atoms with van der Waals surface area (Å²) in [7, 11) is 0. The predicted molar refractivity (Wildman–Crippen MR) is 56.0 cm³/mol. The second-order valence-electron chi connectivity index (χ2n) is 2.69. The van der Waals surface area contributed by atoms with Crippen molar-refractivity contribution in [2.45, 2.75) is 13.3 Å². The van der Waals surface area contributed by atoms with Gasteiger partial charge in [-0.1, -0.05) is 6.92 Å². The molecule has 0 aliphatic carbocycles. The van der Waals surface area contributed by atoms with Crippen molar-refractivity contribution < 1.29 is 4.79 Å². The zero-order valence-corrected chi connectivity index (χ0v) is 8.28. The van der Waals surface area contributed by atoms with Gasteiger partial charge in [-0.15, -0.1) is 11.3 Å². The molecule has 0 aliphatic heterocycles. The van der Waals surface area contributed by atoms with E-state index in [0.717, 1.165) is 18.0 Å². The molecule has 0 radical (unpaired) electrons. The molecule has 0 bridgehead atoms. The van der Waals surface area contributed by atoms with Gasteiger partial charge in [0.25, 0.3) is 5.91 Å². The number of carbonyl (C=O) groups excluding carboxylic acids is 1. The van der Waals surface area contributed by atoms with Gasteiger partial charge in [0.05, 0.1) is 10.7 Å². The van der Waals surface area contributed by atoms with Gasteiger partial charge in [0.2, 0.25) is 0 Å². The first-order valence-electron chi connectivity index (χ1n) is 4.08. The molecule has 13 heavy (non-hydrogen) atoms. The molecule has 0 spiro atoms. The molecule has 1 aromatic heterocycles. The Bertz CT molecular complexity index is 308. The largest absolute Gasteiger partial charge is 0.397 e. The van der Waals surface area contributed by atoms with E-state index in [-0.39, 0.29) is 0 Å². The minimum absolute atomic E-state index is 0.429. The maximum atomic E-state index is 10.8. The number of amides is 1. The zero-order chi connectivity index (χ0) is 9.84. The van der Waals surface area contributed by atoms with Crippen molar-refractivity contribution >= 4 is 27.9 Å². The number of hydrogen-bond acceptors (Lipinski definition) is 4. The molecule has 0 fully saturated rings. The highest BCUT2D eigenvalue weighted by Crippen LogP contribution is 2.28. The highest BCUT2D eigenvalue weighted by atomic mass is 32.1. The van der Waals surface area contributed by atoms with Crippen molar-refractivity contribution in [1.82, 2.24) is 0 Å². The number of nitrogens with two attached hydrogens (primary N) is 2. The van der Waals surface area contributed by atoms with E-state index in [2.05, 4.69) is 12.2 Å². The van der Waals surface area contributed by atoms with Gasteiger partial charge in [-0.05, 0) is 12.5 Å². The van der Waals surface area contributed by atoms with Crippen molar-refractivity contribution in [2.24, 2.45) is 5.73 Å². The molecule has 1 heterocycles. The van der Waals surface area contributed by atoms with Gasteiger partial charge in [-0.2, -0.15) is 0 Å². The molecular formula is C8H13N3OS. The monoisotopic (exact) mass is 199 g/mol. The minimum Gasteiger partial charge on any atom is -0.397 e. The minimum atomic E-state index is -0.466. The van der Waals surface area contributed by atoms with E-state index in [9.17, 15) is 4.79 Å². The van der Waals surface area contributed by atoms with Crippen LogP contribution in [0, 0.1) is 0 Å². The number of thiophene rings is 1. The Labute approximate surface area is 80.9 Å². The van der Waals surface area contributed by atoms with Gasteiger partial charge in [0.15, 0.2) is 0 Å². The van der Waals surface area contributed by atoms with Crippen LogP contribution in [0.25, 0.3) is 0 Å². The van der Waals surface area contributed by atoms with Crippen LogP contribution >= 0.6 is 11.3 Å². The van der Waals surface area contributed by atoms with Crippen LogP contribution in [-0.4, -0.2) is 12.5 Å². The van der Waals surface area contributed by atoms with Gasteiger partial charge in [-0.25, -0.2) is 0 Å². The van der Waals surface area contributed by atoms with Crippen LogP contribution in [0.15, 0.2) is 6.07 Å². The average molecular weight is 199 g/mol. The summed E-state index contributed by atoms with van der Waals surface area (Å²) in [5, 5.41) is 4.04. The van der Waals surface area contributed by atoms with Crippen molar-refractivity contribution in [3.8, 4) is 0 Å². The summed E-state index contributed by atoms with van der Waals surface area (Å²) < 4.78 is 0. The normalized spacial score (nSPS) is 9.92. The molecule has 4 nitrogen and oxygen atoms in total. The highest BCUT2D eigenvalue weighted by molar-refractivity contribution is 7.18. The lowest BCUT2D eigenvalue weighted by Gasteiger charge is -1.97. The fourth-order valence-corrected chi connectivity index (χ4v) is 1.79. The lowest BCUT2D eigenvalue weighted by atomic mass is 10.4. The van der Waals surface area contributed by atoms with Crippen LogP contribution in [-0.2, 0) is 0 Å². The molecule has 0 saturated heterocycles. The van der Waals surface area contributed by atoms with Crippen LogP contribution in [0.5, 0.6) is 0 Å². The van der Waals surface area contributed by atoms with Crippen molar-refractivity contribution in [3.05, 3.63) is 10.9 Å². The second kappa shape index (κ2) is 4.13. The molecule has 1 amide bonds. The topological polar surface area (TPSA) is 81.1 Å². The molecule has 72 valence electrons. The van der Waals surface area contributed by atoms with E-state index < -0.39 is 5.91 Å². The van der Waals surface area contributed by atoms with Crippen molar-refractivity contribution in [1.29, 1.82) is 0 Å². The fraction of sp³-hybridized carbons (Fsp3) is 0.375. The lowest BCUT2D eigenvalue weighted by molar-refractivity contribution is 0.100. The zero-order valence-electron chi connectivity index (χ0n) is 7.46. The quantitative estimate of drug-likeness (QED) is 0.682. The van der Waals surface area contributed by atoms with Crippen LogP contribution in [0.4, 0.5) is 10.7 Å². The first kappa shape index (κ1) is 9.85. The molecule has 0 atom stereocenters. The van der Waals surface area contributed by atoms with E-state index in [4.69, 9.17) is 11.5 Å². The maximum absolute atomic E-state index is 10.8. The van der Waals surface area contributed by atoms with E-state index in [1.165, 1.54) is 11.3 Å². The third-order valence-corrected chi connectivity index (χ3v) is 2.66. The number of carbonyl (C=O) groups is 1. The van der Waals surface area contributed by atoms with Crippen molar-refractivity contribution in [2.75, 3.05) is 17.6 Å². The Morgan fingerprint density at radius 3 is 2.85 bits per heavy atom. The van der Waals surface area contributed by atoms with Gasteiger partial charge in [0.1, 0.15) is 4.88 Å². The summed E-state index contributed by atoms with van der Waals surface area (Å²) in [6, 6.07) is 1.74. The SMILES string of the molecule is CCCNc1cc(N)c(C(N)=O)s1. The molecule has 0 aromatic carbocycles. The first-order valence-corrected chi connectivity index (χ1v) is 4.89. The molecule has 0 saturated carbocycles. The van der Waals surface area contributed by atoms with Gasteiger partial charge >= 0.3 is 0 Å².